The standard InChI is InChI=1S/C12H28N2O/c1-10(15)9-14(6)8-7-11(13-5)12(2,3)4/h10-11,13,15H,7-9H2,1-6H3. The number of hydrogen-bond acceptors (Lipinski definition) is 3. The predicted molar refractivity (Wildman–Crippen MR) is 66.1 cm³/mol. The van der Waals surface area contributed by atoms with E-state index < -0.39 is 0 Å². The maximum absolute atomic E-state index is 9.25. The molecular formula is C12H28N2O. The monoisotopic (exact) mass is 216 g/mol. The summed E-state index contributed by atoms with van der Waals surface area (Å²) in [6, 6.07) is 0.522. The summed E-state index contributed by atoms with van der Waals surface area (Å²) in [5.41, 5.74) is 0.292. The molecule has 2 unspecified atom stereocenters. The molecule has 0 bridgehead atoms. The van der Waals surface area contributed by atoms with Gasteiger partial charge in [-0.25, -0.2) is 0 Å². The highest BCUT2D eigenvalue weighted by atomic mass is 16.3. The van der Waals surface area contributed by atoms with Crippen LogP contribution in [0.5, 0.6) is 0 Å². The Morgan fingerprint density at radius 3 is 2.20 bits per heavy atom. The van der Waals surface area contributed by atoms with Crippen molar-refractivity contribution >= 4 is 0 Å². The summed E-state index contributed by atoms with van der Waals surface area (Å²) in [5.74, 6) is 0. The van der Waals surface area contributed by atoms with Crippen LogP contribution in [0.4, 0.5) is 0 Å². The van der Waals surface area contributed by atoms with Crippen LogP contribution in [0.15, 0.2) is 0 Å². The first-order valence-electron chi connectivity index (χ1n) is 5.81. The molecule has 0 saturated carbocycles. The molecule has 0 fully saturated rings. The van der Waals surface area contributed by atoms with Gasteiger partial charge in [0.25, 0.3) is 0 Å². The second kappa shape index (κ2) is 6.46. The van der Waals surface area contributed by atoms with E-state index >= 15 is 0 Å². The van der Waals surface area contributed by atoms with E-state index in [4.69, 9.17) is 0 Å². The highest BCUT2D eigenvalue weighted by molar-refractivity contribution is 4.80. The van der Waals surface area contributed by atoms with E-state index in [0.29, 0.717) is 11.5 Å². The predicted octanol–water partition coefficient (Wildman–Crippen LogP) is 1.32. The van der Waals surface area contributed by atoms with Crippen molar-refractivity contribution in [1.29, 1.82) is 0 Å². The smallest absolute Gasteiger partial charge is 0.0638 e. The van der Waals surface area contributed by atoms with Gasteiger partial charge in [-0.05, 0) is 39.4 Å². The fraction of sp³-hybridized carbons (Fsp3) is 1.00. The maximum atomic E-state index is 9.25. The largest absolute Gasteiger partial charge is 0.392 e. The number of nitrogens with zero attached hydrogens (tertiary/aromatic N) is 1. The van der Waals surface area contributed by atoms with Crippen molar-refractivity contribution in [2.45, 2.75) is 46.3 Å². The van der Waals surface area contributed by atoms with Crippen molar-refractivity contribution in [3.8, 4) is 0 Å². The highest BCUT2D eigenvalue weighted by Crippen LogP contribution is 2.21. The molecule has 0 rings (SSSR count). The molecule has 2 N–H and O–H groups in total. The minimum Gasteiger partial charge on any atom is -0.392 e. The molecular weight excluding hydrogens is 188 g/mol. The maximum Gasteiger partial charge on any atom is 0.0638 e. The van der Waals surface area contributed by atoms with Gasteiger partial charge >= 0.3 is 0 Å². The molecule has 0 radical (unpaired) electrons. The third kappa shape index (κ3) is 6.88. The molecule has 0 aromatic rings. The molecule has 0 amide bonds. The van der Waals surface area contributed by atoms with E-state index in [1.807, 2.05) is 14.0 Å². The molecule has 0 aliphatic heterocycles. The number of hydrogen-bond donors (Lipinski definition) is 2. The van der Waals surface area contributed by atoms with E-state index in [1.54, 1.807) is 0 Å². The Balaban J connectivity index is 3.91. The third-order valence-corrected chi connectivity index (χ3v) is 2.77. The third-order valence-electron chi connectivity index (χ3n) is 2.77. The van der Waals surface area contributed by atoms with Crippen molar-refractivity contribution in [2.75, 3.05) is 27.2 Å². The summed E-state index contributed by atoms with van der Waals surface area (Å²) in [5, 5.41) is 12.6. The molecule has 0 saturated heterocycles. The summed E-state index contributed by atoms with van der Waals surface area (Å²) in [6.07, 6.45) is 0.876. The van der Waals surface area contributed by atoms with Crippen LogP contribution in [0.3, 0.4) is 0 Å². The van der Waals surface area contributed by atoms with E-state index in [1.165, 1.54) is 0 Å². The highest BCUT2D eigenvalue weighted by Gasteiger charge is 2.22. The van der Waals surface area contributed by atoms with Crippen molar-refractivity contribution in [2.24, 2.45) is 5.41 Å². The Hall–Kier alpha value is -0.120. The molecule has 0 aliphatic rings. The average molecular weight is 216 g/mol. The zero-order valence-corrected chi connectivity index (χ0v) is 11.2. The fourth-order valence-electron chi connectivity index (χ4n) is 1.90. The molecule has 0 spiro atoms. The summed E-state index contributed by atoms with van der Waals surface area (Å²) >= 11 is 0. The fourth-order valence-corrected chi connectivity index (χ4v) is 1.90. The van der Waals surface area contributed by atoms with E-state index in [2.05, 4.69) is 38.0 Å². The van der Waals surface area contributed by atoms with Crippen molar-refractivity contribution in [3.63, 3.8) is 0 Å². The summed E-state index contributed by atoms with van der Waals surface area (Å²) in [6.45, 7) is 10.4. The van der Waals surface area contributed by atoms with Crippen molar-refractivity contribution < 1.29 is 5.11 Å². The molecule has 0 aromatic heterocycles. The topological polar surface area (TPSA) is 35.5 Å². The Morgan fingerprint density at radius 1 is 1.33 bits per heavy atom. The van der Waals surface area contributed by atoms with Gasteiger partial charge in [-0.1, -0.05) is 20.8 Å². The number of rotatable bonds is 6. The second-order valence-electron chi connectivity index (χ2n) is 5.61. The van der Waals surface area contributed by atoms with Crippen LogP contribution in [0, 0.1) is 5.41 Å². The Labute approximate surface area is 94.9 Å². The molecule has 3 nitrogen and oxygen atoms in total. The molecule has 15 heavy (non-hydrogen) atoms. The lowest BCUT2D eigenvalue weighted by molar-refractivity contribution is 0.134. The van der Waals surface area contributed by atoms with Gasteiger partial charge in [0, 0.05) is 12.6 Å². The quantitative estimate of drug-likeness (QED) is 0.703. The number of aliphatic hydroxyl groups excluding tert-OH is 1. The first-order valence-corrected chi connectivity index (χ1v) is 5.81. The summed E-state index contributed by atoms with van der Waals surface area (Å²) in [7, 11) is 4.08. The van der Waals surface area contributed by atoms with Crippen LogP contribution in [0.25, 0.3) is 0 Å². The Bertz CT molecular complexity index is 163. The normalized spacial score (nSPS) is 16.8. The molecule has 2 atom stereocenters. The molecule has 92 valence electrons. The van der Waals surface area contributed by atoms with Crippen molar-refractivity contribution in [3.05, 3.63) is 0 Å². The zero-order chi connectivity index (χ0) is 12.1. The van der Waals surface area contributed by atoms with Crippen LogP contribution >= 0.6 is 0 Å². The lowest BCUT2D eigenvalue weighted by Crippen LogP contribution is -2.41. The van der Waals surface area contributed by atoms with Crippen molar-refractivity contribution in [1.82, 2.24) is 10.2 Å². The summed E-state index contributed by atoms with van der Waals surface area (Å²) < 4.78 is 0. The van der Waals surface area contributed by atoms with E-state index in [9.17, 15) is 5.11 Å². The average Bonchev–Trinajstić information content (AvgIpc) is 2.01. The lowest BCUT2D eigenvalue weighted by atomic mass is 9.85. The van der Waals surface area contributed by atoms with Gasteiger partial charge in [0.15, 0.2) is 0 Å². The number of aliphatic hydroxyl groups is 1. The number of nitrogens with one attached hydrogen (secondary N) is 1. The molecule has 0 aromatic carbocycles. The van der Waals surface area contributed by atoms with Crippen LogP contribution < -0.4 is 5.32 Å². The number of likely N-dealkylation sites (N-methyl/N-ethyl adjacent to an activating group) is 1. The van der Waals surface area contributed by atoms with Gasteiger partial charge in [0.1, 0.15) is 0 Å². The zero-order valence-electron chi connectivity index (χ0n) is 11.2. The molecule has 0 heterocycles. The van der Waals surface area contributed by atoms with Gasteiger partial charge in [-0.2, -0.15) is 0 Å². The van der Waals surface area contributed by atoms with Gasteiger partial charge in [0.05, 0.1) is 6.10 Å². The van der Waals surface area contributed by atoms with E-state index in [0.717, 1.165) is 19.5 Å². The van der Waals surface area contributed by atoms with Crippen LogP contribution in [-0.4, -0.2) is 49.3 Å². The van der Waals surface area contributed by atoms with Gasteiger partial charge in [-0.3, -0.25) is 0 Å². The van der Waals surface area contributed by atoms with Crippen LogP contribution in [-0.2, 0) is 0 Å². The minimum atomic E-state index is -0.238. The Morgan fingerprint density at radius 2 is 1.87 bits per heavy atom. The Kier molecular flexibility index (Phi) is 6.41. The SMILES string of the molecule is CNC(CCN(C)CC(C)O)C(C)(C)C. The van der Waals surface area contributed by atoms with Crippen LogP contribution in [0.2, 0.25) is 0 Å². The molecule has 0 aliphatic carbocycles. The van der Waals surface area contributed by atoms with Gasteiger partial charge in [0.2, 0.25) is 0 Å². The second-order valence-corrected chi connectivity index (χ2v) is 5.61. The first-order chi connectivity index (χ1) is 6.77. The summed E-state index contributed by atoms with van der Waals surface area (Å²) in [4.78, 5) is 2.18. The molecule has 3 heteroatoms. The van der Waals surface area contributed by atoms with Gasteiger partial charge < -0.3 is 15.3 Å². The van der Waals surface area contributed by atoms with Gasteiger partial charge in [-0.15, -0.1) is 0 Å². The van der Waals surface area contributed by atoms with Crippen LogP contribution in [0.1, 0.15) is 34.1 Å². The first kappa shape index (κ1) is 14.9. The minimum absolute atomic E-state index is 0.238. The lowest BCUT2D eigenvalue weighted by Gasteiger charge is -2.32. The van der Waals surface area contributed by atoms with E-state index in [-0.39, 0.29) is 6.10 Å².